The van der Waals surface area contributed by atoms with Crippen molar-refractivity contribution in [3.8, 4) is 5.75 Å². The molecule has 1 aromatic carbocycles. The van der Waals surface area contributed by atoms with E-state index in [-0.39, 0.29) is 0 Å². The van der Waals surface area contributed by atoms with Gasteiger partial charge in [0.25, 0.3) is 0 Å². The quantitative estimate of drug-likeness (QED) is 0.847. The van der Waals surface area contributed by atoms with Crippen molar-refractivity contribution in [1.82, 2.24) is 0 Å². The van der Waals surface area contributed by atoms with E-state index < -0.39 is 0 Å². The smallest absolute Gasteiger partial charge is 0.120 e. The summed E-state index contributed by atoms with van der Waals surface area (Å²) in [4.78, 5) is 0. The first-order chi connectivity index (χ1) is 7.79. The van der Waals surface area contributed by atoms with E-state index >= 15 is 0 Å². The molecule has 0 aromatic heterocycles. The van der Waals surface area contributed by atoms with Crippen molar-refractivity contribution in [2.75, 3.05) is 0 Å². The van der Waals surface area contributed by atoms with Gasteiger partial charge < -0.3 is 10.5 Å². The van der Waals surface area contributed by atoms with Crippen LogP contribution < -0.4 is 10.5 Å². The number of rotatable bonds is 3. The highest BCUT2D eigenvalue weighted by atomic mass is 16.5. The van der Waals surface area contributed by atoms with Crippen molar-refractivity contribution >= 4 is 0 Å². The molecule has 2 nitrogen and oxygen atoms in total. The number of benzene rings is 1. The summed E-state index contributed by atoms with van der Waals surface area (Å²) in [5.41, 5.74) is 8.08. The summed E-state index contributed by atoms with van der Waals surface area (Å²) >= 11 is 0. The Morgan fingerprint density at radius 1 is 1.25 bits per heavy atom. The van der Waals surface area contributed by atoms with Gasteiger partial charge in [-0.25, -0.2) is 0 Å². The zero-order valence-electron chi connectivity index (χ0n) is 10.0. The molecule has 0 saturated heterocycles. The van der Waals surface area contributed by atoms with Crippen LogP contribution in [0.3, 0.4) is 0 Å². The maximum atomic E-state index is 5.99. The van der Waals surface area contributed by atoms with Gasteiger partial charge in [0.2, 0.25) is 0 Å². The van der Waals surface area contributed by atoms with Crippen molar-refractivity contribution in [1.29, 1.82) is 0 Å². The lowest BCUT2D eigenvalue weighted by atomic mass is 9.98. The Kier molecular flexibility index (Phi) is 3.83. The molecule has 1 fully saturated rings. The van der Waals surface area contributed by atoms with Crippen molar-refractivity contribution in [2.24, 2.45) is 5.73 Å². The van der Waals surface area contributed by atoms with Crippen molar-refractivity contribution in [3.05, 3.63) is 29.3 Å². The van der Waals surface area contributed by atoms with Crippen LogP contribution in [0.15, 0.2) is 18.2 Å². The van der Waals surface area contributed by atoms with Gasteiger partial charge >= 0.3 is 0 Å². The molecule has 2 heteroatoms. The van der Waals surface area contributed by atoms with E-state index in [0.29, 0.717) is 12.6 Å². The average Bonchev–Trinajstić information content (AvgIpc) is 2.31. The third-order valence-electron chi connectivity index (χ3n) is 3.39. The molecule has 0 atom stereocenters. The van der Waals surface area contributed by atoms with Crippen LogP contribution in [0.2, 0.25) is 0 Å². The summed E-state index contributed by atoms with van der Waals surface area (Å²) in [5.74, 6) is 1.00. The lowest BCUT2D eigenvalue weighted by Crippen LogP contribution is -2.19. The van der Waals surface area contributed by atoms with Gasteiger partial charge in [-0.2, -0.15) is 0 Å². The standard InChI is InChI=1S/C14H21NO/c1-11-9-14(8-7-12(11)10-15)16-13-5-3-2-4-6-13/h7-9,13H,2-6,10,15H2,1H3. The molecular formula is C14H21NO. The first-order valence-electron chi connectivity index (χ1n) is 6.26. The van der Waals surface area contributed by atoms with Crippen molar-refractivity contribution in [3.63, 3.8) is 0 Å². The average molecular weight is 219 g/mol. The molecule has 16 heavy (non-hydrogen) atoms. The van der Waals surface area contributed by atoms with Crippen LogP contribution in [0.4, 0.5) is 0 Å². The highest BCUT2D eigenvalue weighted by molar-refractivity contribution is 5.34. The highest BCUT2D eigenvalue weighted by Gasteiger charge is 2.14. The molecule has 0 heterocycles. The van der Waals surface area contributed by atoms with E-state index in [1.807, 2.05) is 6.07 Å². The van der Waals surface area contributed by atoms with Gasteiger partial charge in [0.15, 0.2) is 0 Å². The van der Waals surface area contributed by atoms with Gasteiger partial charge in [-0.1, -0.05) is 12.5 Å². The maximum absolute atomic E-state index is 5.99. The summed E-state index contributed by atoms with van der Waals surface area (Å²) < 4.78 is 5.99. The predicted molar refractivity (Wildman–Crippen MR) is 66.6 cm³/mol. The fourth-order valence-electron chi connectivity index (χ4n) is 2.35. The SMILES string of the molecule is Cc1cc(OC2CCCCC2)ccc1CN. The molecule has 1 aliphatic rings. The van der Waals surface area contributed by atoms with E-state index in [4.69, 9.17) is 10.5 Å². The largest absolute Gasteiger partial charge is 0.490 e. The molecule has 0 aliphatic heterocycles. The number of aryl methyl sites for hydroxylation is 1. The number of ether oxygens (including phenoxy) is 1. The second-order valence-electron chi connectivity index (χ2n) is 4.67. The summed E-state index contributed by atoms with van der Waals surface area (Å²) in [7, 11) is 0. The lowest BCUT2D eigenvalue weighted by molar-refractivity contribution is 0.155. The summed E-state index contributed by atoms with van der Waals surface area (Å²) in [6, 6.07) is 6.23. The van der Waals surface area contributed by atoms with Gasteiger partial charge in [-0.15, -0.1) is 0 Å². The van der Waals surface area contributed by atoms with Crippen LogP contribution in [-0.4, -0.2) is 6.10 Å². The topological polar surface area (TPSA) is 35.2 Å². The fraction of sp³-hybridized carbons (Fsp3) is 0.571. The molecule has 2 rings (SSSR count). The van der Waals surface area contributed by atoms with Crippen LogP contribution in [0.25, 0.3) is 0 Å². The summed E-state index contributed by atoms with van der Waals surface area (Å²) in [5, 5.41) is 0. The minimum Gasteiger partial charge on any atom is -0.490 e. The molecule has 0 amide bonds. The Labute approximate surface area is 97.8 Å². The highest BCUT2D eigenvalue weighted by Crippen LogP contribution is 2.24. The Morgan fingerprint density at radius 2 is 2.00 bits per heavy atom. The van der Waals surface area contributed by atoms with Crippen LogP contribution in [0.5, 0.6) is 5.75 Å². The zero-order chi connectivity index (χ0) is 11.4. The molecule has 1 aliphatic carbocycles. The second kappa shape index (κ2) is 5.35. The maximum Gasteiger partial charge on any atom is 0.120 e. The number of hydrogen-bond donors (Lipinski definition) is 1. The van der Waals surface area contributed by atoms with Crippen LogP contribution >= 0.6 is 0 Å². The van der Waals surface area contributed by atoms with Crippen molar-refractivity contribution in [2.45, 2.75) is 51.7 Å². The molecule has 1 saturated carbocycles. The third kappa shape index (κ3) is 2.76. The Hall–Kier alpha value is -1.02. The molecule has 0 unspecified atom stereocenters. The van der Waals surface area contributed by atoms with E-state index in [9.17, 15) is 0 Å². The minimum absolute atomic E-state index is 0.428. The molecular weight excluding hydrogens is 198 g/mol. The van der Waals surface area contributed by atoms with E-state index in [0.717, 1.165) is 5.75 Å². The van der Waals surface area contributed by atoms with Gasteiger partial charge in [0, 0.05) is 6.54 Å². The number of hydrogen-bond acceptors (Lipinski definition) is 2. The summed E-state index contributed by atoms with van der Waals surface area (Å²) in [6.45, 7) is 2.70. The second-order valence-corrected chi connectivity index (χ2v) is 4.67. The van der Waals surface area contributed by atoms with Gasteiger partial charge in [0.05, 0.1) is 6.10 Å². The minimum atomic E-state index is 0.428. The van der Waals surface area contributed by atoms with Crippen LogP contribution in [0.1, 0.15) is 43.2 Å². The Balaban J connectivity index is 2.01. The first-order valence-corrected chi connectivity index (χ1v) is 6.26. The molecule has 1 aromatic rings. The Morgan fingerprint density at radius 3 is 2.62 bits per heavy atom. The first kappa shape index (κ1) is 11.5. The normalized spacial score (nSPS) is 17.4. The van der Waals surface area contributed by atoms with E-state index in [2.05, 4.69) is 19.1 Å². The molecule has 88 valence electrons. The molecule has 0 radical (unpaired) electrons. The summed E-state index contributed by atoms with van der Waals surface area (Å²) in [6.07, 6.45) is 6.83. The third-order valence-corrected chi connectivity index (χ3v) is 3.39. The van der Waals surface area contributed by atoms with E-state index in [1.54, 1.807) is 0 Å². The van der Waals surface area contributed by atoms with Crippen molar-refractivity contribution < 1.29 is 4.74 Å². The van der Waals surface area contributed by atoms with Gasteiger partial charge in [0.1, 0.15) is 5.75 Å². The van der Waals surface area contributed by atoms with Crippen LogP contribution in [-0.2, 0) is 6.54 Å². The monoisotopic (exact) mass is 219 g/mol. The zero-order valence-corrected chi connectivity index (χ0v) is 10.0. The number of nitrogens with two attached hydrogens (primary N) is 1. The predicted octanol–water partition coefficient (Wildman–Crippen LogP) is 3.17. The van der Waals surface area contributed by atoms with Gasteiger partial charge in [-0.05, 0) is 55.9 Å². The molecule has 2 N–H and O–H groups in total. The fourth-order valence-corrected chi connectivity index (χ4v) is 2.35. The van der Waals surface area contributed by atoms with Gasteiger partial charge in [-0.3, -0.25) is 0 Å². The van der Waals surface area contributed by atoms with Crippen LogP contribution in [0, 0.1) is 6.92 Å². The molecule has 0 bridgehead atoms. The lowest BCUT2D eigenvalue weighted by Gasteiger charge is -2.23. The molecule has 0 spiro atoms. The van der Waals surface area contributed by atoms with E-state index in [1.165, 1.54) is 43.2 Å². The Bertz CT molecular complexity index is 343.